The molecule has 0 aliphatic carbocycles. The number of aryl methyl sites for hydroxylation is 1. The lowest BCUT2D eigenvalue weighted by Gasteiger charge is -2.13. The third kappa shape index (κ3) is 6.29. The Balaban J connectivity index is 1.61. The minimum atomic E-state index is -3.67. The minimum absolute atomic E-state index is 0.175. The lowest BCUT2D eigenvalue weighted by Crippen LogP contribution is -2.24. The third-order valence-corrected chi connectivity index (χ3v) is 7.00. The molecule has 1 atom stereocenters. The zero-order chi connectivity index (χ0) is 21.4. The quantitative estimate of drug-likeness (QED) is 0.511. The maximum absolute atomic E-state index is 12.8. The molecule has 0 saturated carbocycles. The van der Waals surface area contributed by atoms with Crippen molar-refractivity contribution in [2.45, 2.75) is 30.6 Å². The zero-order valence-corrected chi connectivity index (χ0v) is 17.6. The predicted molar refractivity (Wildman–Crippen MR) is 118 cm³/mol. The summed E-state index contributed by atoms with van der Waals surface area (Å²) in [4.78, 5) is 11.8. The van der Waals surface area contributed by atoms with E-state index >= 15 is 0 Å². The Hall–Kier alpha value is -2.92. The van der Waals surface area contributed by atoms with Crippen LogP contribution in [0.1, 0.15) is 29.5 Å². The van der Waals surface area contributed by atoms with E-state index in [4.69, 9.17) is 0 Å². The highest BCUT2D eigenvalue weighted by atomic mass is 32.2. The van der Waals surface area contributed by atoms with Crippen LogP contribution in [-0.4, -0.2) is 25.2 Å². The van der Waals surface area contributed by atoms with E-state index in [0.717, 1.165) is 29.5 Å². The first-order valence-electron chi connectivity index (χ1n) is 10.1. The van der Waals surface area contributed by atoms with Gasteiger partial charge in [0.25, 0.3) is 0 Å². The molecule has 3 aromatic carbocycles. The average Bonchev–Trinajstić information content (AvgIpc) is 2.75. The van der Waals surface area contributed by atoms with Crippen molar-refractivity contribution in [1.29, 1.82) is 0 Å². The summed E-state index contributed by atoms with van der Waals surface area (Å²) < 4.78 is 25.6. The number of sulfone groups is 1. The van der Waals surface area contributed by atoms with Gasteiger partial charge in [-0.25, -0.2) is 8.42 Å². The van der Waals surface area contributed by atoms with Gasteiger partial charge in [-0.05, 0) is 54.5 Å². The highest BCUT2D eigenvalue weighted by Crippen LogP contribution is 2.20. The number of carboxylic acids is 1. The van der Waals surface area contributed by atoms with Gasteiger partial charge in [-0.2, -0.15) is 0 Å². The topological polar surface area (TPSA) is 71.4 Å². The maximum atomic E-state index is 12.8. The maximum Gasteiger partial charge on any atom is 0.307 e. The second-order valence-electron chi connectivity index (χ2n) is 7.50. The molecule has 0 aliphatic rings. The summed E-state index contributed by atoms with van der Waals surface area (Å²) >= 11 is 0. The van der Waals surface area contributed by atoms with Gasteiger partial charge in [0.15, 0.2) is 9.84 Å². The molecule has 0 amide bonds. The van der Waals surface area contributed by atoms with Gasteiger partial charge >= 0.3 is 5.97 Å². The van der Waals surface area contributed by atoms with Crippen molar-refractivity contribution >= 4 is 15.8 Å². The molecule has 1 N–H and O–H groups in total. The van der Waals surface area contributed by atoms with Gasteiger partial charge in [0.1, 0.15) is 0 Å². The molecule has 0 saturated heterocycles. The lowest BCUT2D eigenvalue weighted by atomic mass is 10.0. The molecule has 4 nitrogen and oxygen atoms in total. The molecule has 0 radical (unpaired) electrons. The summed E-state index contributed by atoms with van der Waals surface area (Å²) in [6.45, 7) is 0. The van der Waals surface area contributed by atoms with E-state index < -0.39 is 21.7 Å². The van der Waals surface area contributed by atoms with Crippen LogP contribution in [0.3, 0.4) is 0 Å². The first-order valence-corrected chi connectivity index (χ1v) is 11.7. The Bertz CT molecular complexity index is 1040. The number of benzene rings is 3. The van der Waals surface area contributed by atoms with Gasteiger partial charge in [-0.15, -0.1) is 0 Å². The fraction of sp³-hybridized carbons (Fsp3) is 0.240. The number of hydrogen-bond acceptors (Lipinski definition) is 3. The van der Waals surface area contributed by atoms with E-state index in [-0.39, 0.29) is 10.6 Å². The molecule has 3 rings (SSSR count). The highest BCUT2D eigenvalue weighted by molar-refractivity contribution is 7.91. The Morgan fingerprint density at radius 1 is 0.767 bits per heavy atom. The van der Waals surface area contributed by atoms with Crippen LogP contribution >= 0.6 is 0 Å². The summed E-state index contributed by atoms with van der Waals surface area (Å²) in [7, 11) is -3.67. The largest absolute Gasteiger partial charge is 0.481 e. The third-order valence-electron chi connectivity index (χ3n) is 5.16. The van der Waals surface area contributed by atoms with Crippen LogP contribution in [0, 0.1) is 5.92 Å². The number of rotatable bonds is 10. The Morgan fingerprint density at radius 2 is 1.30 bits per heavy atom. The monoisotopic (exact) mass is 422 g/mol. The molecule has 0 aromatic heterocycles. The van der Waals surface area contributed by atoms with E-state index in [1.54, 1.807) is 24.3 Å². The van der Waals surface area contributed by atoms with Crippen LogP contribution < -0.4 is 0 Å². The van der Waals surface area contributed by atoms with Crippen molar-refractivity contribution < 1.29 is 18.3 Å². The standard InChI is InChI=1S/C25H26O4S/c26-25(27)23(13-7-12-20-8-3-1-4-9-20)19-30(28,29)24-16-14-22(15-17-24)18-21-10-5-2-6-11-21/h1-6,8-11,14-17,23H,7,12-13,18-19H2,(H,26,27). The van der Waals surface area contributed by atoms with Gasteiger partial charge in [0, 0.05) is 0 Å². The molecule has 0 fully saturated rings. The fourth-order valence-corrected chi connectivity index (χ4v) is 5.06. The van der Waals surface area contributed by atoms with Gasteiger partial charge < -0.3 is 5.11 Å². The SMILES string of the molecule is O=C(O)C(CCCc1ccccc1)CS(=O)(=O)c1ccc(Cc2ccccc2)cc1. The Labute approximate surface area is 178 Å². The molecule has 5 heteroatoms. The summed E-state index contributed by atoms with van der Waals surface area (Å²) in [5.41, 5.74) is 3.29. The molecule has 0 bridgehead atoms. The van der Waals surface area contributed by atoms with Crippen molar-refractivity contribution in [2.24, 2.45) is 5.92 Å². The summed E-state index contributed by atoms with van der Waals surface area (Å²) in [5.74, 6) is -2.36. The zero-order valence-electron chi connectivity index (χ0n) is 16.8. The normalized spacial score (nSPS) is 12.4. The van der Waals surface area contributed by atoms with E-state index in [1.165, 1.54) is 0 Å². The number of aliphatic carboxylic acids is 1. The number of hydrogen-bond donors (Lipinski definition) is 1. The molecular weight excluding hydrogens is 396 g/mol. The summed E-state index contributed by atoms with van der Waals surface area (Å²) in [6.07, 6.45) is 2.42. The number of carbonyl (C=O) groups is 1. The first kappa shape index (κ1) is 21.8. The molecule has 3 aromatic rings. The van der Waals surface area contributed by atoms with Gasteiger partial charge in [-0.3, -0.25) is 4.79 Å². The van der Waals surface area contributed by atoms with Crippen molar-refractivity contribution in [3.63, 3.8) is 0 Å². The van der Waals surface area contributed by atoms with Crippen LogP contribution in [0.2, 0.25) is 0 Å². The van der Waals surface area contributed by atoms with Gasteiger partial charge in [-0.1, -0.05) is 72.8 Å². The van der Waals surface area contributed by atoms with Crippen LogP contribution in [0.5, 0.6) is 0 Å². The lowest BCUT2D eigenvalue weighted by molar-refractivity contribution is -0.141. The summed E-state index contributed by atoms with van der Waals surface area (Å²) in [5, 5.41) is 9.52. The molecular formula is C25H26O4S. The van der Waals surface area contributed by atoms with Crippen LogP contribution in [0.15, 0.2) is 89.8 Å². The highest BCUT2D eigenvalue weighted by Gasteiger charge is 2.26. The van der Waals surface area contributed by atoms with Gasteiger partial charge in [0.05, 0.1) is 16.6 Å². The van der Waals surface area contributed by atoms with Crippen molar-refractivity contribution in [2.75, 3.05) is 5.75 Å². The number of carboxylic acid groups (broad SMARTS) is 1. The van der Waals surface area contributed by atoms with Crippen molar-refractivity contribution in [1.82, 2.24) is 0 Å². The average molecular weight is 423 g/mol. The Morgan fingerprint density at radius 3 is 1.87 bits per heavy atom. The van der Waals surface area contributed by atoms with E-state index in [1.807, 2.05) is 60.7 Å². The first-order chi connectivity index (χ1) is 14.4. The molecule has 0 aliphatic heterocycles. The second-order valence-corrected chi connectivity index (χ2v) is 9.53. The predicted octanol–water partition coefficient (Wildman–Crippen LogP) is 4.77. The van der Waals surface area contributed by atoms with Gasteiger partial charge in [0.2, 0.25) is 0 Å². The van der Waals surface area contributed by atoms with Crippen molar-refractivity contribution in [3.8, 4) is 0 Å². The van der Waals surface area contributed by atoms with E-state index in [2.05, 4.69) is 0 Å². The minimum Gasteiger partial charge on any atom is -0.481 e. The Kier molecular flexibility index (Phi) is 7.41. The molecule has 30 heavy (non-hydrogen) atoms. The fourth-order valence-electron chi connectivity index (χ4n) is 3.48. The molecule has 1 unspecified atom stereocenters. The molecule has 156 valence electrons. The molecule has 0 heterocycles. The van der Waals surface area contributed by atoms with E-state index in [0.29, 0.717) is 12.8 Å². The molecule has 0 spiro atoms. The van der Waals surface area contributed by atoms with Crippen LogP contribution in [0.4, 0.5) is 0 Å². The van der Waals surface area contributed by atoms with E-state index in [9.17, 15) is 18.3 Å². The second kappa shape index (κ2) is 10.2. The van der Waals surface area contributed by atoms with Crippen LogP contribution in [0.25, 0.3) is 0 Å². The van der Waals surface area contributed by atoms with Crippen molar-refractivity contribution in [3.05, 3.63) is 102 Å². The smallest absolute Gasteiger partial charge is 0.307 e. The van der Waals surface area contributed by atoms with Crippen LogP contribution in [-0.2, 0) is 27.5 Å². The summed E-state index contributed by atoms with van der Waals surface area (Å²) in [6, 6.07) is 26.5.